The minimum Gasteiger partial charge on any atom is -0.376 e. The number of likely N-dealkylation sites (tertiary alicyclic amines) is 1. The lowest BCUT2D eigenvalue weighted by atomic mass is 10.1. The molecule has 1 amide bonds. The molecular weight excluding hydrogens is 228 g/mol. The molecule has 0 bridgehead atoms. The molecule has 1 saturated heterocycles. The summed E-state index contributed by atoms with van der Waals surface area (Å²) in [5.41, 5.74) is 5.44. The molecule has 4 nitrogen and oxygen atoms in total. The van der Waals surface area contributed by atoms with Crippen molar-refractivity contribution in [1.82, 2.24) is 4.90 Å². The van der Waals surface area contributed by atoms with Crippen LogP contribution < -0.4 is 5.73 Å². The van der Waals surface area contributed by atoms with E-state index in [1.807, 2.05) is 4.90 Å². The van der Waals surface area contributed by atoms with Gasteiger partial charge in [0, 0.05) is 26.1 Å². The fourth-order valence-electron chi connectivity index (χ4n) is 2.34. The Balaban J connectivity index is 2.20. The second-order valence-electron chi connectivity index (χ2n) is 5.07. The fraction of sp³-hybridized carbons (Fsp3) is 0.929. The summed E-state index contributed by atoms with van der Waals surface area (Å²) in [5.74, 6) is 0.289. The van der Waals surface area contributed by atoms with Crippen LogP contribution in [0.25, 0.3) is 0 Å². The molecule has 18 heavy (non-hydrogen) atoms. The first kappa shape index (κ1) is 15.4. The molecule has 0 aromatic carbocycles. The van der Waals surface area contributed by atoms with Crippen molar-refractivity contribution in [2.75, 3.05) is 26.2 Å². The molecule has 4 heteroatoms. The zero-order chi connectivity index (χ0) is 13.2. The van der Waals surface area contributed by atoms with Gasteiger partial charge in [0.15, 0.2) is 0 Å². The number of amides is 1. The number of ether oxygens (including phenoxy) is 1. The third-order valence-electron chi connectivity index (χ3n) is 3.38. The summed E-state index contributed by atoms with van der Waals surface area (Å²) >= 11 is 0. The number of unbranched alkanes of at least 4 members (excludes halogenated alkanes) is 2. The van der Waals surface area contributed by atoms with E-state index in [9.17, 15) is 4.79 Å². The maximum absolute atomic E-state index is 12.0. The Bertz CT molecular complexity index is 234. The van der Waals surface area contributed by atoms with Gasteiger partial charge >= 0.3 is 0 Å². The predicted molar refractivity (Wildman–Crippen MR) is 73.4 cm³/mol. The number of nitrogens with zero attached hydrogens (tertiary/aromatic N) is 1. The summed E-state index contributed by atoms with van der Waals surface area (Å²) in [5, 5.41) is 0. The van der Waals surface area contributed by atoms with E-state index in [0.717, 1.165) is 64.8 Å². The molecule has 1 rings (SSSR count). The standard InChI is InChI=1S/C14H28N2O2/c1-2-11-18-13-7-6-10-16(12-13)14(17)8-4-3-5-9-15/h13H,2-12,15H2,1H3. The van der Waals surface area contributed by atoms with Crippen LogP contribution in [0.4, 0.5) is 0 Å². The summed E-state index contributed by atoms with van der Waals surface area (Å²) in [6.07, 6.45) is 7.19. The molecular formula is C14H28N2O2. The number of carbonyl (C=O) groups is 1. The van der Waals surface area contributed by atoms with E-state index in [-0.39, 0.29) is 12.0 Å². The minimum atomic E-state index is 0.256. The van der Waals surface area contributed by atoms with E-state index in [2.05, 4.69) is 6.92 Å². The van der Waals surface area contributed by atoms with Crippen molar-refractivity contribution in [1.29, 1.82) is 0 Å². The van der Waals surface area contributed by atoms with Gasteiger partial charge in [0.25, 0.3) is 0 Å². The molecule has 1 atom stereocenters. The molecule has 0 spiro atoms. The van der Waals surface area contributed by atoms with Crippen molar-refractivity contribution in [3.63, 3.8) is 0 Å². The molecule has 0 saturated carbocycles. The number of piperidine rings is 1. The van der Waals surface area contributed by atoms with Gasteiger partial charge in [-0.3, -0.25) is 4.79 Å². The van der Waals surface area contributed by atoms with Crippen molar-refractivity contribution in [3.8, 4) is 0 Å². The zero-order valence-corrected chi connectivity index (χ0v) is 11.7. The summed E-state index contributed by atoms with van der Waals surface area (Å²) in [7, 11) is 0. The normalized spacial score (nSPS) is 20.1. The van der Waals surface area contributed by atoms with E-state index in [1.54, 1.807) is 0 Å². The second kappa shape index (κ2) is 9.34. The first-order chi connectivity index (χ1) is 8.77. The lowest BCUT2D eigenvalue weighted by molar-refractivity contribution is -0.135. The van der Waals surface area contributed by atoms with Gasteiger partial charge in [-0.1, -0.05) is 13.3 Å². The van der Waals surface area contributed by atoms with Crippen LogP contribution in [0.3, 0.4) is 0 Å². The van der Waals surface area contributed by atoms with Gasteiger partial charge in [0.2, 0.25) is 5.91 Å². The van der Waals surface area contributed by atoms with Crippen molar-refractivity contribution in [3.05, 3.63) is 0 Å². The van der Waals surface area contributed by atoms with Crippen LogP contribution in [-0.2, 0) is 9.53 Å². The van der Waals surface area contributed by atoms with Crippen LogP contribution in [0.2, 0.25) is 0 Å². The molecule has 1 unspecified atom stereocenters. The van der Waals surface area contributed by atoms with Gasteiger partial charge in [-0.15, -0.1) is 0 Å². The molecule has 0 aliphatic carbocycles. The van der Waals surface area contributed by atoms with Gasteiger partial charge in [0.05, 0.1) is 6.10 Å². The summed E-state index contributed by atoms with van der Waals surface area (Å²) in [6.45, 7) is 5.34. The van der Waals surface area contributed by atoms with Crippen LogP contribution in [0.1, 0.15) is 51.9 Å². The Kier molecular flexibility index (Phi) is 8.01. The molecule has 2 N–H and O–H groups in total. The molecule has 0 aromatic heterocycles. The van der Waals surface area contributed by atoms with E-state index in [4.69, 9.17) is 10.5 Å². The molecule has 1 aliphatic rings. The minimum absolute atomic E-state index is 0.256. The molecule has 106 valence electrons. The van der Waals surface area contributed by atoms with Crippen LogP contribution in [0, 0.1) is 0 Å². The number of hydrogen-bond acceptors (Lipinski definition) is 3. The molecule has 1 aliphatic heterocycles. The SMILES string of the molecule is CCCOC1CCCN(C(=O)CCCCCN)C1. The van der Waals surface area contributed by atoms with Crippen LogP contribution in [0.5, 0.6) is 0 Å². The fourth-order valence-corrected chi connectivity index (χ4v) is 2.34. The summed E-state index contributed by atoms with van der Waals surface area (Å²) in [4.78, 5) is 14.0. The van der Waals surface area contributed by atoms with E-state index >= 15 is 0 Å². The first-order valence-electron chi connectivity index (χ1n) is 7.37. The van der Waals surface area contributed by atoms with Gasteiger partial charge < -0.3 is 15.4 Å². The first-order valence-corrected chi connectivity index (χ1v) is 7.37. The van der Waals surface area contributed by atoms with Gasteiger partial charge in [0.1, 0.15) is 0 Å². The molecule has 0 aromatic rings. The summed E-state index contributed by atoms with van der Waals surface area (Å²) < 4.78 is 5.75. The van der Waals surface area contributed by atoms with E-state index < -0.39 is 0 Å². The predicted octanol–water partition coefficient (Wildman–Crippen LogP) is 1.92. The quantitative estimate of drug-likeness (QED) is 0.675. The highest BCUT2D eigenvalue weighted by Crippen LogP contribution is 2.15. The Morgan fingerprint density at radius 2 is 2.22 bits per heavy atom. The highest BCUT2D eigenvalue weighted by molar-refractivity contribution is 5.76. The van der Waals surface area contributed by atoms with Crippen molar-refractivity contribution < 1.29 is 9.53 Å². The monoisotopic (exact) mass is 256 g/mol. The van der Waals surface area contributed by atoms with Gasteiger partial charge in [-0.05, 0) is 38.6 Å². The second-order valence-corrected chi connectivity index (χ2v) is 5.07. The van der Waals surface area contributed by atoms with Gasteiger partial charge in [-0.2, -0.15) is 0 Å². The molecule has 1 fully saturated rings. The van der Waals surface area contributed by atoms with Gasteiger partial charge in [-0.25, -0.2) is 0 Å². The average Bonchev–Trinajstić information content (AvgIpc) is 2.41. The topological polar surface area (TPSA) is 55.6 Å². The highest BCUT2D eigenvalue weighted by atomic mass is 16.5. The number of carbonyl (C=O) groups excluding carboxylic acids is 1. The van der Waals surface area contributed by atoms with Crippen molar-refractivity contribution in [2.24, 2.45) is 5.73 Å². The third kappa shape index (κ3) is 5.83. The third-order valence-corrected chi connectivity index (χ3v) is 3.38. The molecule has 1 heterocycles. The molecule has 0 radical (unpaired) electrons. The Hall–Kier alpha value is -0.610. The Morgan fingerprint density at radius 1 is 1.39 bits per heavy atom. The van der Waals surface area contributed by atoms with Crippen molar-refractivity contribution >= 4 is 5.91 Å². The lowest BCUT2D eigenvalue weighted by Gasteiger charge is -2.32. The van der Waals surface area contributed by atoms with E-state index in [1.165, 1.54) is 0 Å². The number of rotatable bonds is 8. The largest absolute Gasteiger partial charge is 0.376 e. The van der Waals surface area contributed by atoms with Crippen LogP contribution in [0.15, 0.2) is 0 Å². The smallest absolute Gasteiger partial charge is 0.222 e. The number of hydrogen-bond donors (Lipinski definition) is 1. The van der Waals surface area contributed by atoms with Crippen LogP contribution in [-0.4, -0.2) is 43.2 Å². The van der Waals surface area contributed by atoms with Crippen LogP contribution >= 0.6 is 0 Å². The Labute approximate surface area is 111 Å². The zero-order valence-electron chi connectivity index (χ0n) is 11.7. The average molecular weight is 256 g/mol. The number of nitrogens with two attached hydrogens (primary N) is 1. The highest BCUT2D eigenvalue weighted by Gasteiger charge is 2.23. The van der Waals surface area contributed by atoms with Crippen molar-refractivity contribution in [2.45, 2.75) is 58.0 Å². The Morgan fingerprint density at radius 3 is 2.94 bits per heavy atom. The maximum Gasteiger partial charge on any atom is 0.222 e. The summed E-state index contributed by atoms with van der Waals surface area (Å²) in [6, 6.07) is 0. The maximum atomic E-state index is 12.0. The van der Waals surface area contributed by atoms with E-state index in [0.29, 0.717) is 6.42 Å². The lowest BCUT2D eigenvalue weighted by Crippen LogP contribution is -2.43.